The lowest BCUT2D eigenvalue weighted by atomic mass is 10.1. The third kappa shape index (κ3) is 1.98. The number of hydrogen-bond acceptors (Lipinski definition) is 3. The first kappa shape index (κ1) is 11.5. The Balaban J connectivity index is 2.83. The molecule has 0 fully saturated rings. The average Bonchev–Trinajstić information content (AvgIpc) is 2.26. The minimum Gasteiger partial charge on any atom is -0.497 e. The molecule has 0 saturated carbocycles. The number of alkyl halides is 3. The zero-order valence-corrected chi connectivity index (χ0v) is 8.88. The quantitative estimate of drug-likeness (QED) is 0.782. The minimum atomic E-state index is -4.44. The molecule has 0 atom stereocenters. The van der Waals surface area contributed by atoms with Crippen LogP contribution in [0.5, 0.6) is 5.75 Å². The molecule has 0 radical (unpaired) electrons. The van der Waals surface area contributed by atoms with Crippen molar-refractivity contribution in [1.82, 2.24) is 4.98 Å². The summed E-state index contributed by atoms with van der Waals surface area (Å²) in [4.78, 5) is 3.85. The number of aromatic nitrogens is 1. The molecule has 2 rings (SSSR count). The molecule has 0 amide bonds. The minimum absolute atomic E-state index is 0.0585. The van der Waals surface area contributed by atoms with E-state index >= 15 is 0 Å². The van der Waals surface area contributed by atoms with E-state index in [4.69, 9.17) is 10.5 Å². The van der Waals surface area contributed by atoms with Gasteiger partial charge in [0.2, 0.25) is 0 Å². The molecule has 2 aromatic rings. The molecule has 0 aliphatic rings. The van der Waals surface area contributed by atoms with E-state index in [9.17, 15) is 13.2 Å². The van der Waals surface area contributed by atoms with Gasteiger partial charge in [-0.25, -0.2) is 0 Å². The molecule has 0 aliphatic carbocycles. The lowest BCUT2D eigenvalue weighted by molar-refractivity contribution is -0.136. The highest BCUT2D eigenvalue weighted by atomic mass is 19.4. The first-order valence-corrected chi connectivity index (χ1v) is 4.73. The third-order valence-corrected chi connectivity index (χ3v) is 2.39. The number of rotatable bonds is 1. The van der Waals surface area contributed by atoms with Crippen molar-refractivity contribution in [3.63, 3.8) is 0 Å². The maximum absolute atomic E-state index is 12.8. The van der Waals surface area contributed by atoms with Gasteiger partial charge in [-0.2, -0.15) is 13.2 Å². The number of pyridine rings is 1. The molecule has 1 aromatic heterocycles. The van der Waals surface area contributed by atoms with E-state index in [-0.39, 0.29) is 22.3 Å². The first-order chi connectivity index (χ1) is 7.93. The van der Waals surface area contributed by atoms with Gasteiger partial charge in [0.05, 0.1) is 23.9 Å². The molecule has 2 N–H and O–H groups in total. The second-order valence-corrected chi connectivity index (χ2v) is 3.47. The summed E-state index contributed by atoms with van der Waals surface area (Å²) in [5.74, 6) is 0.272. The molecular formula is C11H9F3N2O. The van der Waals surface area contributed by atoms with Crippen LogP contribution in [0, 0.1) is 0 Å². The number of nitrogens with zero attached hydrogens (tertiary/aromatic N) is 1. The van der Waals surface area contributed by atoms with Crippen LogP contribution in [0.2, 0.25) is 0 Å². The highest BCUT2D eigenvalue weighted by Gasteiger charge is 2.33. The van der Waals surface area contributed by atoms with Crippen LogP contribution in [0.1, 0.15) is 5.56 Å². The van der Waals surface area contributed by atoms with Crippen LogP contribution in [0.3, 0.4) is 0 Å². The molecule has 0 saturated heterocycles. The summed E-state index contributed by atoms with van der Waals surface area (Å²) in [6.45, 7) is 0. The highest BCUT2D eigenvalue weighted by Crippen LogP contribution is 2.37. The molecule has 0 bridgehead atoms. The zero-order chi connectivity index (χ0) is 12.6. The summed E-state index contributed by atoms with van der Waals surface area (Å²) in [6.07, 6.45) is -3.35. The van der Waals surface area contributed by atoms with Crippen LogP contribution in [-0.2, 0) is 6.18 Å². The van der Waals surface area contributed by atoms with Crippen molar-refractivity contribution >= 4 is 16.6 Å². The van der Waals surface area contributed by atoms with Gasteiger partial charge in [0.15, 0.2) is 0 Å². The van der Waals surface area contributed by atoms with Gasteiger partial charge in [-0.1, -0.05) is 0 Å². The van der Waals surface area contributed by atoms with Crippen molar-refractivity contribution in [2.45, 2.75) is 6.18 Å². The Kier molecular flexibility index (Phi) is 2.57. The van der Waals surface area contributed by atoms with Gasteiger partial charge >= 0.3 is 6.18 Å². The molecule has 17 heavy (non-hydrogen) atoms. The van der Waals surface area contributed by atoms with Gasteiger partial charge in [0, 0.05) is 17.6 Å². The van der Waals surface area contributed by atoms with Crippen LogP contribution in [0.4, 0.5) is 18.9 Å². The van der Waals surface area contributed by atoms with Crippen molar-refractivity contribution in [2.24, 2.45) is 0 Å². The Hall–Kier alpha value is -1.98. The van der Waals surface area contributed by atoms with E-state index in [1.165, 1.54) is 19.2 Å². The summed E-state index contributed by atoms with van der Waals surface area (Å²) < 4.78 is 43.2. The van der Waals surface area contributed by atoms with E-state index < -0.39 is 11.7 Å². The molecule has 0 spiro atoms. The monoisotopic (exact) mass is 242 g/mol. The summed E-state index contributed by atoms with van der Waals surface area (Å²) in [5.41, 5.74) is 5.15. The number of fused-ring (bicyclic) bond motifs is 1. The van der Waals surface area contributed by atoms with E-state index in [2.05, 4.69) is 4.98 Å². The number of benzene rings is 1. The van der Waals surface area contributed by atoms with Crippen LogP contribution in [-0.4, -0.2) is 12.1 Å². The van der Waals surface area contributed by atoms with Crippen molar-refractivity contribution in [3.8, 4) is 5.75 Å². The van der Waals surface area contributed by atoms with Gasteiger partial charge in [0.1, 0.15) is 5.75 Å². The maximum Gasteiger partial charge on any atom is 0.417 e. The smallest absolute Gasteiger partial charge is 0.417 e. The summed E-state index contributed by atoms with van der Waals surface area (Å²) in [5, 5.41) is -0.0585. The highest BCUT2D eigenvalue weighted by molar-refractivity contribution is 5.93. The molecule has 6 heteroatoms. The predicted octanol–water partition coefficient (Wildman–Crippen LogP) is 2.84. The Labute approximate surface area is 95.0 Å². The lowest BCUT2D eigenvalue weighted by Gasteiger charge is -2.12. The third-order valence-electron chi connectivity index (χ3n) is 2.39. The molecule has 3 nitrogen and oxygen atoms in total. The fraction of sp³-hybridized carbons (Fsp3) is 0.182. The maximum atomic E-state index is 12.8. The van der Waals surface area contributed by atoms with Crippen molar-refractivity contribution in [3.05, 3.63) is 30.0 Å². The fourth-order valence-corrected chi connectivity index (χ4v) is 1.62. The van der Waals surface area contributed by atoms with Gasteiger partial charge in [0.25, 0.3) is 0 Å². The number of anilines is 1. The van der Waals surface area contributed by atoms with Gasteiger partial charge < -0.3 is 10.5 Å². The second-order valence-electron chi connectivity index (χ2n) is 3.47. The molecule has 1 heterocycles. The first-order valence-electron chi connectivity index (χ1n) is 4.73. The van der Waals surface area contributed by atoms with E-state index in [0.29, 0.717) is 0 Å². The lowest BCUT2D eigenvalue weighted by Crippen LogP contribution is -2.07. The Morgan fingerprint density at radius 1 is 1.29 bits per heavy atom. The van der Waals surface area contributed by atoms with Gasteiger partial charge in [-0.15, -0.1) is 0 Å². The summed E-state index contributed by atoms with van der Waals surface area (Å²) in [6, 6.07) is 3.64. The van der Waals surface area contributed by atoms with Crippen LogP contribution in [0.25, 0.3) is 10.9 Å². The predicted molar refractivity (Wildman–Crippen MR) is 57.7 cm³/mol. The fourth-order valence-electron chi connectivity index (χ4n) is 1.62. The van der Waals surface area contributed by atoms with Crippen molar-refractivity contribution in [2.75, 3.05) is 12.8 Å². The summed E-state index contributed by atoms with van der Waals surface area (Å²) >= 11 is 0. The number of hydrogen-bond donors (Lipinski definition) is 1. The summed E-state index contributed by atoms with van der Waals surface area (Å²) in [7, 11) is 1.37. The second kappa shape index (κ2) is 3.80. The Morgan fingerprint density at radius 3 is 2.59 bits per heavy atom. The van der Waals surface area contributed by atoms with Crippen LogP contribution in [0.15, 0.2) is 24.4 Å². The number of nitrogens with two attached hydrogens (primary N) is 1. The average molecular weight is 242 g/mol. The van der Waals surface area contributed by atoms with Gasteiger partial charge in [-0.05, 0) is 12.1 Å². The van der Waals surface area contributed by atoms with E-state index in [1.54, 1.807) is 0 Å². The molecule has 0 aliphatic heterocycles. The Morgan fingerprint density at radius 2 is 2.00 bits per heavy atom. The number of halogens is 3. The van der Waals surface area contributed by atoms with Crippen LogP contribution >= 0.6 is 0 Å². The van der Waals surface area contributed by atoms with E-state index in [1.807, 2.05) is 0 Å². The largest absolute Gasteiger partial charge is 0.497 e. The SMILES string of the molecule is COc1cc(N)c2nccc(C(F)(F)F)c2c1. The Bertz CT molecular complexity index is 566. The van der Waals surface area contributed by atoms with E-state index in [0.717, 1.165) is 12.3 Å². The van der Waals surface area contributed by atoms with Crippen molar-refractivity contribution in [1.29, 1.82) is 0 Å². The van der Waals surface area contributed by atoms with Gasteiger partial charge in [-0.3, -0.25) is 4.98 Å². The molecular weight excluding hydrogens is 233 g/mol. The van der Waals surface area contributed by atoms with Crippen LogP contribution < -0.4 is 10.5 Å². The molecule has 0 unspecified atom stereocenters. The number of methoxy groups -OCH3 is 1. The number of nitrogen functional groups attached to an aromatic ring is 1. The zero-order valence-electron chi connectivity index (χ0n) is 8.88. The topological polar surface area (TPSA) is 48.1 Å². The number of ether oxygens (including phenoxy) is 1. The normalized spacial score (nSPS) is 11.8. The molecule has 90 valence electrons. The molecule has 1 aromatic carbocycles. The standard InChI is InChI=1S/C11H9F3N2O/c1-17-6-4-7-8(11(12,13)14)2-3-16-10(7)9(15)5-6/h2-5H,15H2,1H3. The van der Waals surface area contributed by atoms with Crippen molar-refractivity contribution < 1.29 is 17.9 Å².